The van der Waals surface area contributed by atoms with E-state index in [1.54, 1.807) is 19.3 Å². The Morgan fingerprint density at radius 3 is 2.81 bits per heavy atom. The van der Waals surface area contributed by atoms with Crippen molar-refractivity contribution in [2.75, 3.05) is 25.3 Å². The lowest BCUT2D eigenvalue weighted by atomic mass is 10.2. The maximum atomic E-state index is 12.5. The number of hydrogen-bond donors (Lipinski definition) is 1. The molecule has 0 aliphatic heterocycles. The summed E-state index contributed by atoms with van der Waals surface area (Å²) in [6, 6.07) is 9.22. The number of allylic oxidation sites excluding steroid dienone is 1. The first-order chi connectivity index (χ1) is 15.0. The van der Waals surface area contributed by atoms with Crippen molar-refractivity contribution in [3.05, 3.63) is 53.4 Å². The average Bonchev–Trinajstić information content (AvgIpc) is 3.35. The van der Waals surface area contributed by atoms with Crippen molar-refractivity contribution in [3.8, 4) is 17.1 Å². The Kier molecular flexibility index (Phi) is 7.48. The molecule has 1 aromatic carbocycles. The summed E-state index contributed by atoms with van der Waals surface area (Å²) < 4.78 is 11.9. The molecule has 0 fully saturated rings. The van der Waals surface area contributed by atoms with Crippen LogP contribution in [0.1, 0.15) is 15.2 Å². The van der Waals surface area contributed by atoms with E-state index in [2.05, 4.69) is 22.1 Å². The smallest absolute Gasteiger partial charge is 0.340 e. The highest BCUT2D eigenvalue weighted by Gasteiger charge is 2.19. The normalized spacial score (nSPS) is 10.5. The van der Waals surface area contributed by atoms with E-state index in [4.69, 9.17) is 9.47 Å². The highest BCUT2D eigenvalue weighted by atomic mass is 32.2. The zero-order valence-electron chi connectivity index (χ0n) is 17.4. The summed E-state index contributed by atoms with van der Waals surface area (Å²) >= 11 is 2.58. The number of ether oxygens (including phenoxy) is 2. The number of thiophene rings is 1. The van der Waals surface area contributed by atoms with Gasteiger partial charge in [0.05, 0.1) is 25.5 Å². The number of thioether (sulfide) groups is 1. The SMILES string of the molecule is C=CCn1c(SCC(=O)Nc2sc(C)cc2C(=O)OC)nnc1-c1cccc(OC)c1. The first kappa shape index (κ1) is 22.6. The van der Waals surface area contributed by atoms with E-state index in [9.17, 15) is 9.59 Å². The molecule has 1 N–H and O–H groups in total. The van der Waals surface area contributed by atoms with Crippen LogP contribution in [0.3, 0.4) is 0 Å². The van der Waals surface area contributed by atoms with Crippen LogP contribution in [0.5, 0.6) is 5.75 Å². The number of esters is 1. The summed E-state index contributed by atoms with van der Waals surface area (Å²) in [6.07, 6.45) is 1.74. The third-order valence-corrected chi connectivity index (χ3v) is 6.14. The molecular formula is C21H22N4O4S2. The molecule has 0 radical (unpaired) electrons. The van der Waals surface area contributed by atoms with Crippen molar-refractivity contribution in [1.29, 1.82) is 0 Å². The van der Waals surface area contributed by atoms with E-state index in [1.165, 1.54) is 30.2 Å². The molecule has 0 spiro atoms. The van der Waals surface area contributed by atoms with Crippen LogP contribution in [0.15, 0.2) is 48.1 Å². The molecule has 31 heavy (non-hydrogen) atoms. The van der Waals surface area contributed by atoms with Crippen molar-refractivity contribution in [2.45, 2.75) is 18.6 Å². The van der Waals surface area contributed by atoms with Crippen LogP contribution in [0.4, 0.5) is 5.00 Å². The zero-order chi connectivity index (χ0) is 22.4. The van der Waals surface area contributed by atoms with Gasteiger partial charge in [0, 0.05) is 17.0 Å². The number of hydrogen-bond acceptors (Lipinski definition) is 8. The van der Waals surface area contributed by atoms with E-state index in [1.807, 2.05) is 35.8 Å². The van der Waals surface area contributed by atoms with Gasteiger partial charge in [0.1, 0.15) is 10.8 Å². The second kappa shape index (κ2) is 10.3. The summed E-state index contributed by atoms with van der Waals surface area (Å²) in [7, 11) is 2.91. The molecule has 0 saturated carbocycles. The maximum absolute atomic E-state index is 12.5. The molecule has 0 bridgehead atoms. The molecule has 2 heterocycles. The van der Waals surface area contributed by atoms with Crippen molar-refractivity contribution >= 4 is 40.0 Å². The number of rotatable bonds is 9. The number of methoxy groups -OCH3 is 2. The topological polar surface area (TPSA) is 95.3 Å². The molecule has 1 amide bonds. The number of nitrogens with zero attached hydrogens (tertiary/aromatic N) is 3. The van der Waals surface area contributed by atoms with Gasteiger partial charge < -0.3 is 14.8 Å². The Hall–Kier alpha value is -3.11. The Balaban J connectivity index is 1.75. The van der Waals surface area contributed by atoms with Gasteiger partial charge in [-0.2, -0.15) is 0 Å². The molecule has 0 aliphatic carbocycles. The van der Waals surface area contributed by atoms with Crippen molar-refractivity contribution in [2.24, 2.45) is 0 Å². The molecule has 0 aliphatic rings. The van der Waals surface area contributed by atoms with Crippen LogP contribution in [0, 0.1) is 6.92 Å². The molecule has 0 saturated heterocycles. The molecule has 8 nitrogen and oxygen atoms in total. The Morgan fingerprint density at radius 1 is 1.29 bits per heavy atom. The van der Waals surface area contributed by atoms with E-state index >= 15 is 0 Å². The average molecular weight is 459 g/mol. The zero-order valence-corrected chi connectivity index (χ0v) is 19.0. The Morgan fingerprint density at radius 2 is 2.10 bits per heavy atom. The van der Waals surface area contributed by atoms with Gasteiger partial charge in [0.15, 0.2) is 11.0 Å². The minimum absolute atomic E-state index is 0.102. The van der Waals surface area contributed by atoms with Crippen LogP contribution < -0.4 is 10.1 Å². The number of nitrogens with one attached hydrogen (secondary N) is 1. The number of aromatic nitrogens is 3. The van der Waals surface area contributed by atoms with E-state index in [0.29, 0.717) is 33.8 Å². The summed E-state index contributed by atoms with van der Waals surface area (Å²) in [5, 5.41) is 12.4. The second-order valence-electron chi connectivity index (χ2n) is 6.37. The fraction of sp³-hybridized carbons (Fsp3) is 0.238. The van der Waals surface area contributed by atoms with E-state index in [0.717, 1.165) is 10.4 Å². The summed E-state index contributed by atoms with van der Waals surface area (Å²) in [5.41, 5.74) is 1.19. The number of amides is 1. The molecular weight excluding hydrogens is 436 g/mol. The predicted octanol–water partition coefficient (Wildman–Crippen LogP) is 4.03. The van der Waals surface area contributed by atoms with Gasteiger partial charge in [-0.25, -0.2) is 4.79 Å². The quantitative estimate of drug-likeness (QED) is 0.294. The number of benzene rings is 1. The Labute approximate surface area is 188 Å². The van der Waals surface area contributed by atoms with Gasteiger partial charge in [0.2, 0.25) is 5.91 Å². The van der Waals surface area contributed by atoms with Gasteiger partial charge in [-0.3, -0.25) is 9.36 Å². The minimum Gasteiger partial charge on any atom is -0.497 e. The second-order valence-corrected chi connectivity index (χ2v) is 8.56. The summed E-state index contributed by atoms with van der Waals surface area (Å²) in [6.45, 7) is 6.15. The minimum atomic E-state index is -0.485. The third-order valence-electron chi connectivity index (χ3n) is 4.20. The van der Waals surface area contributed by atoms with Crippen LogP contribution in [-0.2, 0) is 16.1 Å². The number of aryl methyl sites for hydroxylation is 1. The molecule has 10 heteroatoms. The number of carbonyl (C=O) groups excluding carboxylic acids is 2. The lowest BCUT2D eigenvalue weighted by molar-refractivity contribution is -0.113. The fourth-order valence-corrected chi connectivity index (χ4v) is 4.49. The van der Waals surface area contributed by atoms with E-state index < -0.39 is 5.97 Å². The molecule has 3 aromatic rings. The molecule has 0 atom stereocenters. The summed E-state index contributed by atoms with van der Waals surface area (Å²) in [4.78, 5) is 25.3. The molecule has 162 valence electrons. The molecule has 3 rings (SSSR count). The van der Waals surface area contributed by atoms with Gasteiger partial charge in [-0.1, -0.05) is 30.0 Å². The third kappa shape index (κ3) is 5.33. The first-order valence-electron chi connectivity index (χ1n) is 9.26. The Bertz CT molecular complexity index is 1110. The van der Waals surface area contributed by atoms with Crippen molar-refractivity contribution in [1.82, 2.24) is 14.8 Å². The van der Waals surface area contributed by atoms with Crippen LogP contribution in [0.25, 0.3) is 11.4 Å². The van der Waals surface area contributed by atoms with Crippen LogP contribution >= 0.6 is 23.1 Å². The largest absolute Gasteiger partial charge is 0.497 e. The van der Waals surface area contributed by atoms with Crippen LogP contribution in [-0.4, -0.2) is 46.6 Å². The van der Waals surface area contributed by atoms with Gasteiger partial charge in [-0.05, 0) is 25.1 Å². The van der Waals surface area contributed by atoms with Crippen molar-refractivity contribution in [3.63, 3.8) is 0 Å². The molecule has 2 aromatic heterocycles. The molecule has 0 unspecified atom stereocenters. The highest BCUT2D eigenvalue weighted by Crippen LogP contribution is 2.29. The van der Waals surface area contributed by atoms with Crippen molar-refractivity contribution < 1.29 is 19.1 Å². The van der Waals surface area contributed by atoms with E-state index in [-0.39, 0.29) is 11.7 Å². The first-order valence-corrected chi connectivity index (χ1v) is 11.1. The maximum Gasteiger partial charge on any atom is 0.340 e. The predicted molar refractivity (Wildman–Crippen MR) is 122 cm³/mol. The van der Waals surface area contributed by atoms with Gasteiger partial charge in [0.25, 0.3) is 0 Å². The van der Waals surface area contributed by atoms with Gasteiger partial charge in [-0.15, -0.1) is 28.1 Å². The summed E-state index contributed by atoms with van der Waals surface area (Å²) in [5.74, 6) is 0.731. The lowest BCUT2D eigenvalue weighted by Gasteiger charge is -2.09. The highest BCUT2D eigenvalue weighted by molar-refractivity contribution is 7.99. The fourth-order valence-electron chi connectivity index (χ4n) is 2.83. The van der Waals surface area contributed by atoms with Gasteiger partial charge >= 0.3 is 5.97 Å². The monoisotopic (exact) mass is 458 g/mol. The number of carbonyl (C=O) groups is 2. The number of anilines is 1. The van der Waals surface area contributed by atoms with Crippen LogP contribution in [0.2, 0.25) is 0 Å². The standard InChI is InChI=1S/C21H22N4O4S2/c1-5-9-25-18(14-7-6-8-15(11-14)28-3)23-24-21(25)30-12-17(26)22-19-16(20(27)29-4)10-13(2)31-19/h5-8,10-11H,1,9,12H2,2-4H3,(H,22,26). The lowest BCUT2D eigenvalue weighted by Crippen LogP contribution is -2.16.